The van der Waals surface area contributed by atoms with Gasteiger partial charge in [0.25, 0.3) is 0 Å². The molecule has 3 heterocycles. The molecule has 0 saturated heterocycles. The lowest BCUT2D eigenvalue weighted by Crippen LogP contribution is -2.42. The molecule has 1 unspecified atom stereocenters. The summed E-state index contributed by atoms with van der Waals surface area (Å²) in [7, 11) is 0. The molecule has 0 amide bonds. The molecule has 8 heteroatoms. The lowest BCUT2D eigenvalue weighted by Gasteiger charge is -2.37. The van der Waals surface area contributed by atoms with Crippen molar-refractivity contribution in [3.8, 4) is 17.2 Å². The number of aromatic nitrogens is 2. The number of phenols is 1. The molecule has 228 valence electrons. The van der Waals surface area contributed by atoms with E-state index in [1.807, 2.05) is 62.7 Å². The zero-order valence-electron chi connectivity index (χ0n) is 25.7. The van der Waals surface area contributed by atoms with E-state index < -0.39 is 17.2 Å². The van der Waals surface area contributed by atoms with Gasteiger partial charge in [0.15, 0.2) is 0 Å². The summed E-state index contributed by atoms with van der Waals surface area (Å²) in [6.07, 6.45) is 5.43. The van der Waals surface area contributed by atoms with Gasteiger partial charge in [0.05, 0.1) is 28.0 Å². The third-order valence-corrected chi connectivity index (χ3v) is 9.18. The van der Waals surface area contributed by atoms with E-state index >= 15 is 0 Å². The number of hydrogen-bond donors (Lipinski definition) is 1. The molecule has 1 N–H and O–H groups in total. The van der Waals surface area contributed by atoms with E-state index in [2.05, 4.69) is 34.4 Å². The molecule has 1 aliphatic carbocycles. The summed E-state index contributed by atoms with van der Waals surface area (Å²) in [6.45, 7) is 8.51. The van der Waals surface area contributed by atoms with Crippen LogP contribution in [0.5, 0.6) is 17.2 Å². The lowest BCUT2D eigenvalue weighted by molar-refractivity contribution is -0.110. The van der Waals surface area contributed by atoms with E-state index in [1.165, 1.54) is 11.6 Å². The Balaban J connectivity index is 0.000000187. The highest BCUT2D eigenvalue weighted by Crippen LogP contribution is 2.43. The van der Waals surface area contributed by atoms with Gasteiger partial charge in [0.2, 0.25) is 11.6 Å². The highest BCUT2D eigenvalue weighted by Gasteiger charge is 2.35. The Bertz CT molecular complexity index is 1950. The fourth-order valence-electron chi connectivity index (χ4n) is 5.67. The van der Waals surface area contributed by atoms with Gasteiger partial charge >= 0.3 is 0 Å². The molecular formula is C37H34N2O5S. The second-order valence-electron chi connectivity index (χ2n) is 11.8. The SMILES string of the molecule is Cc1c(C)c2c(c(C)c1O)CCC(C)(COc1ccc(Cc3cscn3)cc1)O2.O=C1C=Cc2nc3ccccc3cc2C1=O. The quantitative estimate of drug-likeness (QED) is 0.203. The number of benzene rings is 3. The maximum atomic E-state index is 11.6. The number of fused-ring (bicyclic) bond motifs is 3. The van der Waals surface area contributed by atoms with E-state index in [0.717, 1.165) is 69.6 Å². The van der Waals surface area contributed by atoms with Crippen LogP contribution in [0, 0.1) is 20.8 Å². The van der Waals surface area contributed by atoms with Gasteiger partial charge in [0.1, 0.15) is 29.5 Å². The minimum absolute atomic E-state index is 0.391. The number of para-hydroxylation sites is 1. The van der Waals surface area contributed by atoms with E-state index in [0.29, 0.717) is 23.6 Å². The van der Waals surface area contributed by atoms with Crippen LogP contribution in [0.15, 0.2) is 71.6 Å². The Morgan fingerprint density at radius 3 is 2.53 bits per heavy atom. The van der Waals surface area contributed by atoms with Gasteiger partial charge in [0, 0.05) is 22.8 Å². The smallest absolute Gasteiger partial charge is 0.235 e. The fraction of sp³-hybridized carbons (Fsp3) is 0.243. The van der Waals surface area contributed by atoms with Crippen molar-refractivity contribution in [3.63, 3.8) is 0 Å². The van der Waals surface area contributed by atoms with Crippen LogP contribution in [0.25, 0.3) is 17.0 Å². The molecule has 7 nitrogen and oxygen atoms in total. The van der Waals surface area contributed by atoms with Crippen molar-refractivity contribution >= 4 is 39.9 Å². The van der Waals surface area contributed by atoms with Crippen LogP contribution in [0.4, 0.5) is 0 Å². The molecule has 0 saturated carbocycles. The van der Waals surface area contributed by atoms with Gasteiger partial charge in [-0.2, -0.15) is 0 Å². The van der Waals surface area contributed by atoms with Crippen LogP contribution in [0.1, 0.15) is 62.9 Å². The Labute approximate surface area is 266 Å². The van der Waals surface area contributed by atoms with Gasteiger partial charge in [-0.1, -0.05) is 30.3 Å². The molecule has 2 aromatic heterocycles. The molecule has 1 aliphatic heterocycles. The number of phenolic OH excluding ortho intramolecular Hbond substituents is 1. The van der Waals surface area contributed by atoms with Crippen molar-refractivity contribution in [1.82, 2.24) is 9.97 Å². The van der Waals surface area contributed by atoms with Crippen LogP contribution in [-0.4, -0.2) is 38.8 Å². The number of allylic oxidation sites excluding steroid dienone is 1. The summed E-state index contributed by atoms with van der Waals surface area (Å²) in [4.78, 5) is 31.5. The van der Waals surface area contributed by atoms with Gasteiger partial charge in [-0.3, -0.25) is 9.59 Å². The number of carbonyl (C=O) groups excluding carboxylic acids is 2. The van der Waals surface area contributed by atoms with Crippen molar-refractivity contribution in [2.75, 3.05) is 6.61 Å². The number of ketones is 2. The predicted molar refractivity (Wildman–Crippen MR) is 177 cm³/mol. The molecule has 1 atom stereocenters. The van der Waals surface area contributed by atoms with Gasteiger partial charge in [-0.05, 0) is 99.2 Å². The Hall–Kier alpha value is -4.82. The molecule has 0 spiro atoms. The van der Waals surface area contributed by atoms with E-state index in [-0.39, 0.29) is 0 Å². The Morgan fingerprint density at radius 2 is 1.78 bits per heavy atom. The van der Waals surface area contributed by atoms with Crippen LogP contribution >= 0.6 is 11.3 Å². The van der Waals surface area contributed by atoms with E-state index in [4.69, 9.17) is 9.47 Å². The molecule has 5 aromatic rings. The van der Waals surface area contributed by atoms with Crippen molar-refractivity contribution in [2.45, 2.75) is 52.6 Å². The molecular weight excluding hydrogens is 584 g/mol. The van der Waals surface area contributed by atoms with Crippen LogP contribution in [0.2, 0.25) is 0 Å². The normalized spacial score (nSPS) is 16.8. The summed E-state index contributed by atoms with van der Waals surface area (Å²) in [6, 6.07) is 17.5. The first-order valence-electron chi connectivity index (χ1n) is 14.9. The van der Waals surface area contributed by atoms with Gasteiger partial charge in [-0.25, -0.2) is 9.97 Å². The fourth-order valence-corrected chi connectivity index (χ4v) is 6.23. The monoisotopic (exact) mass is 618 g/mol. The molecule has 45 heavy (non-hydrogen) atoms. The highest BCUT2D eigenvalue weighted by molar-refractivity contribution is 7.07. The van der Waals surface area contributed by atoms with Gasteiger partial charge in [-0.15, -0.1) is 11.3 Å². The van der Waals surface area contributed by atoms with Crippen molar-refractivity contribution in [1.29, 1.82) is 0 Å². The van der Waals surface area contributed by atoms with Crippen molar-refractivity contribution in [3.05, 3.63) is 116 Å². The molecule has 3 aromatic carbocycles. The third-order valence-electron chi connectivity index (χ3n) is 8.54. The first-order valence-corrected chi connectivity index (χ1v) is 15.8. The second-order valence-corrected chi connectivity index (χ2v) is 12.5. The maximum Gasteiger partial charge on any atom is 0.235 e. The van der Waals surface area contributed by atoms with Crippen LogP contribution in [0.3, 0.4) is 0 Å². The lowest BCUT2D eigenvalue weighted by atomic mass is 9.87. The largest absolute Gasteiger partial charge is 0.507 e. The Morgan fingerprint density at radius 1 is 1.00 bits per heavy atom. The average Bonchev–Trinajstić information content (AvgIpc) is 3.57. The standard InChI is InChI=1S/C24H27NO3S.C13H7NO2/c1-15-16(2)23-21(17(3)22(15)26)9-10-24(4,28-23)13-27-20-7-5-18(6-8-20)11-19-12-29-14-25-19;15-12-6-5-11-9(13(12)16)7-8-3-1-2-4-10(8)14-11/h5-8,12,14,26H,9-11,13H2,1-4H3;1-7H. The van der Waals surface area contributed by atoms with E-state index in [9.17, 15) is 14.7 Å². The minimum Gasteiger partial charge on any atom is -0.507 e. The van der Waals surface area contributed by atoms with Crippen molar-refractivity contribution < 1.29 is 24.2 Å². The highest BCUT2D eigenvalue weighted by atomic mass is 32.1. The maximum absolute atomic E-state index is 11.6. The summed E-state index contributed by atoms with van der Waals surface area (Å²) in [5.41, 5.74) is 9.53. The topological polar surface area (TPSA) is 98.6 Å². The second kappa shape index (κ2) is 12.3. The first kappa shape index (κ1) is 30.2. The Kier molecular flexibility index (Phi) is 8.25. The molecule has 0 bridgehead atoms. The summed E-state index contributed by atoms with van der Waals surface area (Å²) in [5, 5.41) is 13.3. The number of pyridine rings is 1. The third kappa shape index (κ3) is 6.24. The predicted octanol–water partition coefficient (Wildman–Crippen LogP) is 7.54. The molecule has 0 radical (unpaired) electrons. The number of hydrogen-bond acceptors (Lipinski definition) is 8. The number of rotatable bonds is 5. The summed E-state index contributed by atoms with van der Waals surface area (Å²) >= 11 is 1.62. The van der Waals surface area contributed by atoms with Crippen molar-refractivity contribution in [2.24, 2.45) is 0 Å². The molecule has 7 rings (SSSR count). The molecule has 0 fully saturated rings. The number of Topliss-reactive ketones (excluding diaryl/α,β-unsaturated/α-hetero) is 1. The summed E-state index contributed by atoms with van der Waals surface area (Å²) in [5.74, 6) is 1.19. The number of thiazole rings is 1. The number of aromatic hydroxyl groups is 1. The zero-order valence-corrected chi connectivity index (χ0v) is 26.5. The number of ether oxygens (including phenoxy) is 2. The number of carbonyl (C=O) groups is 2. The first-order chi connectivity index (χ1) is 21.6. The number of nitrogens with zero attached hydrogens (tertiary/aromatic N) is 2. The van der Waals surface area contributed by atoms with E-state index in [1.54, 1.807) is 23.5 Å². The van der Waals surface area contributed by atoms with Gasteiger partial charge < -0.3 is 14.6 Å². The van der Waals surface area contributed by atoms with Crippen LogP contribution in [-0.2, 0) is 17.6 Å². The average molecular weight is 619 g/mol. The summed E-state index contributed by atoms with van der Waals surface area (Å²) < 4.78 is 12.5. The molecule has 2 aliphatic rings. The zero-order chi connectivity index (χ0) is 31.7. The minimum atomic E-state index is -0.482. The van der Waals surface area contributed by atoms with Crippen LogP contribution < -0.4 is 9.47 Å².